The van der Waals surface area contributed by atoms with Crippen LogP contribution in [0, 0.1) is 0 Å². The van der Waals surface area contributed by atoms with Crippen molar-refractivity contribution < 1.29 is 14.7 Å². The Hall–Kier alpha value is -2.67. The maximum atomic E-state index is 13.6. The fourth-order valence-corrected chi connectivity index (χ4v) is 5.57. The van der Waals surface area contributed by atoms with Gasteiger partial charge < -0.3 is 15.3 Å². The van der Waals surface area contributed by atoms with Crippen LogP contribution in [0.2, 0.25) is 0 Å². The molecule has 1 aromatic carbocycles. The Morgan fingerprint density at radius 1 is 1.21 bits per heavy atom. The molecule has 2 aliphatic heterocycles. The standard InChI is InChI=1S/C22H26N4O3/c1-25-14-15(13-23-25)18-22(16-7-3-4-8-17(16)24-19(22)27)11-12-26(18)20(28)21(29)9-5-2-6-10-21/h3-4,7-8,13-14,18,29H,2,5-6,9-12H2,1H3,(H,24,27)/t18-,22+/m0/s1. The summed E-state index contributed by atoms with van der Waals surface area (Å²) in [5.41, 5.74) is 0.352. The molecule has 2 amide bonds. The van der Waals surface area contributed by atoms with Crippen LogP contribution in [0.15, 0.2) is 36.7 Å². The van der Waals surface area contributed by atoms with E-state index < -0.39 is 17.1 Å². The number of aryl methyl sites for hydroxylation is 1. The number of anilines is 1. The van der Waals surface area contributed by atoms with Gasteiger partial charge in [-0.3, -0.25) is 14.3 Å². The van der Waals surface area contributed by atoms with Crippen molar-refractivity contribution in [2.24, 2.45) is 7.05 Å². The third-order valence-corrected chi connectivity index (χ3v) is 6.97. The number of nitrogens with zero attached hydrogens (tertiary/aromatic N) is 3. The number of benzene rings is 1. The lowest BCUT2D eigenvalue weighted by molar-refractivity contribution is -0.156. The largest absolute Gasteiger partial charge is 0.380 e. The van der Waals surface area contributed by atoms with Crippen LogP contribution in [0.1, 0.15) is 55.7 Å². The molecule has 1 aromatic heterocycles. The van der Waals surface area contributed by atoms with Gasteiger partial charge in [0.2, 0.25) is 5.91 Å². The van der Waals surface area contributed by atoms with Crippen LogP contribution in [0.5, 0.6) is 0 Å². The topological polar surface area (TPSA) is 87.5 Å². The molecule has 0 bridgehead atoms. The second-order valence-corrected chi connectivity index (χ2v) is 8.66. The van der Waals surface area contributed by atoms with E-state index in [1.54, 1.807) is 15.8 Å². The highest BCUT2D eigenvalue weighted by Crippen LogP contribution is 2.55. The number of para-hydroxylation sites is 1. The van der Waals surface area contributed by atoms with Gasteiger partial charge in [-0.25, -0.2) is 0 Å². The van der Waals surface area contributed by atoms with Crippen molar-refractivity contribution in [3.05, 3.63) is 47.8 Å². The number of likely N-dealkylation sites (tertiary alicyclic amines) is 1. The van der Waals surface area contributed by atoms with Gasteiger partial charge in [0.15, 0.2) is 0 Å². The first-order valence-corrected chi connectivity index (χ1v) is 10.4. The first-order valence-electron chi connectivity index (χ1n) is 10.4. The Morgan fingerprint density at radius 2 is 1.97 bits per heavy atom. The number of rotatable bonds is 2. The van der Waals surface area contributed by atoms with Gasteiger partial charge in [-0.1, -0.05) is 37.5 Å². The number of fused-ring (bicyclic) bond motifs is 2. The van der Waals surface area contributed by atoms with E-state index in [2.05, 4.69) is 10.4 Å². The molecule has 1 spiro atoms. The van der Waals surface area contributed by atoms with Gasteiger partial charge in [0, 0.05) is 31.0 Å². The number of nitrogens with one attached hydrogen (secondary N) is 1. The summed E-state index contributed by atoms with van der Waals surface area (Å²) in [4.78, 5) is 28.7. The van der Waals surface area contributed by atoms with Crippen LogP contribution >= 0.6 is 0 Å². The molecule has 5 rings (SSSR count). The summed E-state index contributed by atoms with van der Waals surface area (Å²) in [6.45, 7) is 0.433. The Bertz CT molecular complexity index is 978. The van der Waals surface area contributed by atoms with Crippen LogP contribution < -0.4 is 5.32 Å². The lowest BCUT2D eigenvalue weighted by Gasteiger charge is -2.39. The molecular weight excluding hydrogens is 368 g/mol. The molecule has 1 saturated carbocycles. The predicted molar refractivity (Wildman–Crippen MR) is 107 cm³/mol. The van der Waals surface area contributed by atoms with Crippen molar-refractivity contribution in [1.82, 2.24) is 14.7 Å². The number of hydrogen-bond donors (Lipinski definition) is 2. The SMILES string of the molecule is Cn1cc([C@@H]2N(C(=O)C3(O)CCCCC3)CC[C@]23C(=O)Nc2ccccc23)cn1. The highest BCUT2D eigenvalue weighted by molar-refractivity contribution is 6.08. The first-order chi connectivity index (χ1) is 14.0. The number of hydrogen-bond acceptors (Lipinski definition) is 4. The molecule has 1 aliphatic carbocycles. The van der Waals surface area contributed by atoms with Gasteiger partial charge in [0.25, 0.3) is 5.91 Å². The molecule has 7 nitrogen and oxygen atoms in total. The Kier molecular flexibility index (Phi) is 4.07. The van der Waals surface area contributed by atoms with E-state index in [-0.39, 0.29) is 11.8 Å². The van der Waals surface area contributed by atoms with E-state index >= 15 is 0 Å². The Balaban J connectivity index is 1.63. The molecule has 0 radical (unpaired) electrons. The highest BCUT2D eigenvalue weighted by atomic mass is 16.3. The monoisotopic (exact) mass is 394 g/mol. The molecule has 3 heterocycles. The van der Waals surface area contributed by atoms with E-state index in [0.717, 1.165) is 36.1 Å². The van der Waals surface area contributed by atoms with E-state index in [1.165, 1.54) is 0 Å². The van der Waals surface area contributed by atoms with Gasteiger partial charge in [-0.15, -0.1) is 0 Å². The van der Waals surface area contributed by atoms with E-state index in [4.69, 9.17) is 0 Å². The normalized spacial score (nSPS) is 27.9. The zero-order valence-corrected chi connectivity index (χ0v) is 16.6. The van der Waals surface area contributed by atoms with Crippen LogP contribution in [0.4, 0.5) is 5.69 Å². The molecule has 7 heteroatoms. The average Bonchev–Trinajstić information content (AvgIpc) is 3.39. The van der Waals surface area contributed by atoms with Crippen molar-refractivity contribution in [2.75, 3.05) is 11.9 Å². The van der Waals surface area contributed by atoms with Crippen LogP contribution in [-0.2, 0) is 22.1 Å². The summed E-state index contributed by atoms with van der Waals surface area (Å²) in [6.07, 6.45) is 7.84. The molecule has 29 heavy (non-hydrogen) atoms. The van der Waals surface area contributed by atoms with Crippen molar-refractivity contribution in [3.8, 4) is 0 Å². The van der Waals surface area contributed by atoms with Crippen molar-refractivity contribution >= 4 is 17.5 Å². The molecular formula is C22H26N4O3. The molecule has 2 N–H and O–H groups in total. The van der Waals surface area contributed by atoms with E-state index in [1.807, 2.05) is 37.5 Å². The van der Waals surface area contributed by atoms with E-state index in [0.29, 0.717) is 25.8 Å². The molecule has 1 saturated heterocycles. The fourth-order valence-electron chi connectivity index (χ4n) is 5.57. The minimum atomic E-state index is -1.33. The molecule has 152 valence electrons. The van der Waals surface area contributed by atoms with Gasteiger partial charge in [-0.2, -0.15) is 5.10 Å². The van der Waals surface area contributed by atoms with Crippen LogP contribution in [0.25, 0.3) is 0 Å². The smallest absolute Gasteiger partial charge is 0.255 e. The number of carbonyl (C=O) groups is 2. The third kappa shape index (κ3) is 2.56. The third-order valence-electron chi connectivity index (χ3n) is 6.97. The molecule has 2 aromatic rings. The maximum absolute atomic E-state index is 13.6. The van der Waals surface area contributed by atoms with Crippen molar-refractivity contribution in [3.63, 3.8) is 0 Å². The lowest BCUT2D eigenvalue weighted by atomic mass is 9.73. The highest BCUT2D eigenvalue weighted by Gasteiger charge is 2.61. The quantitative estimate of drug-likeness (QED) is 0.818. The second kappa shape index (κ2) is 6.42. The number of aromatic nitrogens is 2. The number of carbonyl (C=O) groups excluding carboxylic acids is 2. The van der Waals surface area contributed by atoms with Gasteiger partial charge in [-0.05, 0) is 30.9 Å². The summed E-state index contributed by atoms with van der Waals surface area (Å²) in [5, 5.41) is 18.5. The Morgan fingerprint density at radius 3 is 2.69 bits per heavy atom. The van der Waals surface area contributed by atoms with Gasteiger partial charge in [0.05, 0.1) is 12.2 Å². The summed E-state index contributed by atoms with van der Waals surface area (Å²) in [6, 6.07) is 7.22. The zero-order chi connectivity index (χ0) is 20.2. The van der Waals surface area contributed by atoms with Crippen LogP contribution in [0.3, 0.4) is 0 Å². The van der Waals surface area contributed by atoms with E-state index in [9.17, 15) is 14.7 Å². The first kappa shape index (κ1) is 18.4. The summed E-state index contributed by atoms with van der Waals surface area (Å²) >= 11 is 0. The molecule has 3 aliphatic rings. The zero-order valence-electron chi connectivity index (χ0n) is 16.6. The maximum Gasteiger partial charge on any atom is 0.255 e. The number of aliphatic hydroxyl groups is 1. The van der Waals surface area contributed by atoms with Crippen molar-refractivity contribution in [2.45, 2.75) is 55.6 Å². The predicted octanol–water partition coefficient (Wildman–Crippen LogP) is 2.28. The minimum Gasteiger partial charge on any atom is -0.380 e. The average molecular weight is 394 g/mol. The van der Waals surface area contributed by atoms with Gasteiger partial charge in [0.1, 0.15) is 11.0 Å². The molecule has 2 atom stereocenters. The van der Waals surface area contributed by atoms with Crippen LogP contribution in [-0.4, -0.2) is 43.7 Å². The number of amides is 2. The van der Waals surface area contributed by atoms with Gasteiger partial charge >= 0.3 is 0 Å². The fraction of sp³-hybridized carbons (Fsp3) is 0.500. The summed E-state index contributed by atoms with van der Waals surface area (Å²) < 4.78 is 1.69. The molecule has 0 unspecified atom stereocenters. The lowest BCUT2D eigenvalue weighted by Crippen LogP contribution is -2.52. The molecule has 2 fully saturated rings. The summed E-state index contributed by atoms with van der Waals surface area (Å²) in [7, 11) is 1.83. The van der Waals surface area contributed by atoms with Crippen molar-refractivity contribution in [1.29, 1.82) is 0 Å². The summed E-state index contributed by atoms with van der Waals surface area (Å²) in [5.74, 6) is -0.335. The Labute approximate surface area is 169 Å². The minimum absolute atomic E-state index is 0.0847. The second-order valence-electron chi connectivity index (χ2n) is 8.66.